The predicted molar refractivity (Wildman–Crippen MR) is 117 cm³/mol. The third-order valence-corrected chi connectivity index (χ3v) is 5.36. The van der Waals surface area contributed by atoms with Crippen molar-refractivity contribution in [2.24, 2.45) is 0 Å². The van der Waals surface area contributed by atoms with Gasteiger partial charge in [-0.05, 0) is 42.7 Å². The molecule has 0 atom stereocenters. The van der Waals surface area contributed by atoms with E-state index in [0.717, 1.165) is 16.7 Å². The molecular formula is C23H24N4O4. The first-order valence-corrected chi connectivity index (χ1v) is 9.98. The molecule has 4 rings (SSSR count). The van der Waals surface area contributed by atoms with E-state index < -0.39 is 22.8 Å². The van der Waals surface area contributed by atoms with E-state index in [-0.39, 0.29) is 18.8 Å². The standard InChI is InChI=1S/C23H24N4O4/c1-23(2)22-26-18(19(28)21(30)27(22)11-12-31-23)20(29)25-13-15-5-3-4-6-17(15)14-7-9-16(24)10-8-14/h3-10,28H,11-13,24H2,1-2H3,(H,25,29). The van der Waals surface area contributed by atoms with Crippen LogP contribution in [0.1, 0.15) is 35.7 Å². The topological polar surface area (TPSA) is 119 Å². The molecule has 0 spiro atoms. The second kappa shape index (κ2) is 7.88. The Morgan fingerprint density at radius 2 is 1.94 bits per heavy atom. The molecule has 1 aromatic heterocycles. The fraction of sp³-hybridized carbons (Fsp3) is 0.261. The minimum atomic E-state index is -0.845. The predicted octanol–water partition coefficient (Wildman–Crippen LogP) is 2.39. The molecule has 8 heteroatoms. The molecular weight excluding hydrogens is 396 g/mol. The zero-order chi connectivity index (χ0) is 22.2. The summed E-state index contributed by atoms with van der Waals surface area (Å²) < 4.78 is 7.03. The number of benzene rings is 2. The minimum Gasteiger partial charge on any atom is -0.501 e. The second-order valence-electron chi connectivity index (χ2n) is 7.91. The van der Waals surface area contributed by atoms with Gasteiger partial charge in [-0.25, -0.2) is 4.98 Å². The van der Waals surface area contributed by atoms with Crippen molar-refractivity contribution in [3.8, 4) is 16.9 Å². The lowest BCUT2D eigenvalue weighted by Crippen LogP contribution is -2.42. The smallest absolute Gasteiger partial charge is 0.296 e. The van der Waals surface area contributed by atoms with Crippen LogP contribution in [0.5, 0.6) is 5.75 Å². The molecule has 0 saturated heterocycles. The molecule has 3 aromatic rings. The first kappa shape index (κ1) is 20.6. The highest BCUT2D eigenvalue weighted by molar-refractivity contribution is 5.94. The SMILES string of the molecule is CC1(C)OCCn2c1nc(C(=O)NCc1ccccc1-c1ccc(N)cc1)c(O)c2=O. The number of nitrogen functional groups attached to an aromatic ring is 1. The van der Waals surface area contributed by atoms with E-state index in [1.165, 1.54) is 4.57 Å². The van der Waals surface area contributed by atoms with Gasteiger partial charge < -0.3 is 20.9 Å². The molecule has 1 aliphatic heterocycles. The maximum Gasteiger partial charge on any atom is 0.296 e. The van der Waals surface area contributed by atoms with Crippen molar-refractivity contribution >= 4 is 11.6 Å². The maximum absolute atomic E-state index is 12.8. The van der Waals surface area contributed by atoms with Gasteiger partial charge in [0.25, 0.3) is 11.5 Å². The quantitative estimate of drug-likeness (QED) is 0.558. The van der Waals surface area contributed by atoms with Crippen molar-refractivity contribution in [2.45, 2.75) is 32.5 Å². The van der Waals surface area contributed by atoms with E-state index in [0.29, 0.717) is 18.1 Å². The summed E-state index contributed by atoms with van der Waals surface area (Å²) in [6, 6.07) is 15.1. The number of hydrogen-bond acceptors (Lipinski definition) is 6. The summed E-state index contributed by atoms with van der Waals surface area (Å²) in [5.41, 5.74) is 7.43. The number of rotatable bonds is 4. The normalized spacial score (nSPS) is 14.6. The molecule has 1 amide bonds. The van der Waals surface area contributed by atoms with Gasteiger partial charge in [-0.2, -0.15) is 0 Å². The fourth-order valence-electron chi connectivity index (χ4n) is 3.70. The largest absolute Gasteiger partial charge is 0.501 e. The van der Waals surface area contributed by atoms with Gasteiger partial charge in [0.05, 0.1) is 13.2 Å². The molecule has 31 heavy (non-hydrogen) atoms. The molecule has 4 N–H and O–H groups in total. The Morgan fingerprint density at radius 3 is 2.68 bits per heavy atom. The van der Waals surface area contributed by atoms with Crippen molar-refractivity contribution in [3.63, 3.8) is 0 Å². The van der Waals surface area contributed by atoms with Crippen LogP contribution in [-0.4, -0.2) is 27.2 Å². The summed E-state index contributed by atoms with van der Waals surface area (Å²) in [5, 5.41) is 13.1. The van der Waals surface area contributed by atoms with Crippen LogP contribution >= 0.6 is 0 Å². The van der Waals surface area contributed by atoms with Crippen LogP contribution in [0.15, 0.2) is 53.3 Å². The number of hydrogen-bond donors (Lipinski definition) is 3. The van der Waals surface area contributed by atoms with Gasteiger partial charge in [0, 0.05) is 12.2 Å². The van der Waals surface area contributed by atoms with Crippen LogP contribution in [0.4, 0.5) is 5.69 Å². The van der Waals surface area contributed by atoms with Crippen molar-refractivity contribution < 1.29 is 14.6 Å². The van der Waals surface area contributed by atoms with Gasteiger partial charge >= 0.3 is 0 Å². The van der Waals surface area contributed by atoms with Crippen LogP contribution in [0.25, 0.3) is 11.1 Å². The van der Waals surface area contributed by atoms with E-state index in [4.69, 9.17) is 10.5 Å². The van der Waals surface area contributed by atoms with Crippen LogP contribution in [0.2, 0.25) is 0 Å². The third-order valence-electron chi connectivity index (χ3n) is 5.36. The van der Waals surface area contributed by atoms with Crippen LogP contribution < -0.4 is 16.6 Å². The molecule has 2 aromatic carbocycles. The van der Waals surface area contributed by atoms with Gasteiger partial charge in [-0.15, -0.1) is 0 Å². The van der Waals surface area contributed by atoms with E-state index >= 15 is 0 Å². The molecule has 0 unspecified atom stereocenters. The number of nitrogens with two attached hydrogens (primary N) is 1. The molecule has 0 aliphatic carbocycles. The molecule has 0 radical (unpaired) electrons. The summed E-state index contributed by atoms with van der Waals surface area (Å²) in [6.45, 7) is 4.33. The monoisotopic (exact) mass is 420 g/mol. The lowest BCUT2D eigenvalue weighted by molar-refractivity contribution is -0.0566. The van der Waals surface area contributed by atoms with E-state index in [1.807, 2.05) is 48.5 Å². The first-order valence-electron chi connectivity index (χ1n) is 9.98. The van der Waals surface area contributed by atoms with E-state index in [2.05, 4.69) is 10.3 Å². The van der Waals surface area contributed by atoms with Gasteiger partial charge in [0.15, 0.2) is 5.69 Å². The van der Waals surface area contributed by atoms with Crippen LogP contribution in [0.3, 0.4) is 0 Å². The summed E-state index contributed by atoms with van der Waals surface area (Å²) in [5.74, 6) is -0.980. The van der Waals surface area contributed by atoms with Crippen LogP contribution in [-0.2, 0) is 23.4 Å². The van der Waals surface area contributed by atoms with Gasteiger partial charge in [-0.3, -0.25) is 14.2 Å². The lowest BCUT2D eigenvalue weighted by Gasteiger charge is -2.32. The lowest BCUT2D eigenvalue weighted by atomic mass is 9.99. The number of nitrogens with zero attached hydrogens (tertiary/aromatic N) is 2. The highest BCUT2D eigenvalue weighted by Gasteiger charge is 2.34. The number of aromatic nitrogens is 2. The molecule has 0 fully saturated rings. The fourth-order valence-corrected chi connectivity index (χ4v) is 3.70. The molecule has 1 aliphatic rings. The number of fused-ring (bicyclic) bond motifs is 1. The number of aromatic hydroxyl groups is 1. The zero-order valence-corrected chi connectivity index (χ0v) is 17.4. The van der Waals surface area contributed by atoms with E-state index in [9.17, 15) is 14.7 Å². The highest BCUT2D eigenvalue weighted by Crippen LogP contribution is 2.28. The number of anilines is 1. The summed E-state index contributed by atoms with van der Waals surface area (Å²) in [6.07, 6.45) is 0. The number of carbonyl (C=O) groups is 1. The second-order valence-corrected chi connectivity index (χ2v) is 7.91. The number of carbonyl (C=O) groups excluding carboxylic acids is 1. The summed E-state index contributed by atoms with van der Waals surface area (Å²) in [4.78, 5) is 29.7. The number of amides is 1. The molecule has 0 bridgehead atoms. The van der Waals surface area contributed by atoms with Crippen LogP contribution in [0, 0.1) is 0 Å². The third kappa shape index (κ3) is 3.89. The summed E-state index contributed by atoms with van der Waals surface area (Å²) >= 11 is 0. The highest BCUT2D eigenvalue weighted by atomic mass is 16.5. The van der Waals surface area contributed by atoms with Gasteiger partial charge in [0.2, 0.25) is 5.75 Å². The minimum absolute atomic E-state index is 0.193. The Morgan fingerprint density at radius 1 is 1.23 bits per heavy atom. The molecule has 2 heterocycles. The number of ether oxygens (including phenoxy) is 1. The zero-order valence-electron chi connectivity index (χ0n) is 17.4. The Labute approximate surface area is 179 Å². The van der Waals surface area contributed by atoms with Crippen molar-refractivity contribution in [2.75, 3.05) is 12.3 Å². The van der Waals surface area contributed by atoms with Gasteiger partial charge in [0.1, 0.15) is 11.4 Å². The first-order chi connectivity index (χ1) is 14.8. The Kier molecular flexibility index (Phi) is 5.24. The number of nitrogens with one attached hydrogen (secondary N) is 1. The van der Waals surface area contributed by atoms with Crippen molar-refractivity contribution in [3.05, 3.63) is 76.0 Å². The molecule has 0 saturated carbocycles. The summed E-state index contributed by atoms with van der Waals surface area (Å²) in [7, 11) is 0. The van der Waals surface area contributed by atoms with Crippen molar-refractivity contribution in [1.82, 2.24) is 14.9 Å². The molecule has 8 nitrogen and oxygen atoms in total. The Bertz CT molecular complexity index is 1200. The average Bonchev–Trinajstić information content (AvgIpc) is 2.75. The van der Waals surface area contributed by atoms with Gasteiger partial charge in [-0.1, -0.05) is 36.4 Å². The Balaban J connectivity index is 1.62. The molecule has 160 valence electrons. The maximum atomic E-state index is 12.8. The van der Waals surface area contributed by atoms with E-state index in [1.54, 1.807) is 13.8 Å². The average molecular weight is 420 g/mol. The van der Waals surface area contributed by atoms with Crippen molar-refractivity contribution in [1.29, 1.82) is 0 Å². The Hall–Kier alpha value is -3.65.